The first-order valence-corrected chi connectivity index (χ1v) is 7.25. The molecule has 1 saturated heterocycles. The van der Waals surface area contributed by atoms with E-state index in [-0.39, 0.29) is 6.61 Å². The molecule has 106 valence electrons. The van der Waals surface area contributed by atoms with E-state index in [9.17, 15) is 5.11 Å². The molecule has 1 heterocycles. The highest BCUT2D eigenvalue weighted by atomic mass is 16.3. The van der Waals surface area contributed by atoms with Gasteiger partial charge in [0.15, 0.2) is 0 Å². The van der Waals surface area contributed by atoms with Gasteiger partial charge in [0.25, 0.3) is 0 Å². The Morgan fingerprint density at radius 1 is 1.26 bits per heavy atom. The summed E-state index contributed by atoms with van der Waals surface area (Å²) in [6.07, 6.45) is 2.03. The molecular weight excluding hydrogens is 236 g/mol. The molecule has 1 aromatic rings. The molecule has 0 amide bonds. The van der Waals surface area contributed by atoms with Crippen LogP contribution in [-0.2, 0) is 0 Å². The zero-order chi connectivity index (χ0) is 13.8. The summed E-state index contributed by atoms with van der Waals surface area (Å²) in [5.41, 5.74) is 4.06. The number of rotatable bonds is 3. The summed E-state index contributed by atoms with van der Waals surface area (Å²) in [6, 6.07) is 6.95. The van der Waals surface area contributed by atoms with E-state index in [1.165, 1.54) is 23.2 Å². The first kappa shape index (κ1) is 14.4. The van der Waals surface area contributed by atoms with Crippen molar-refractivity contribution in [3.63, 3.8) is 0 Å². The van der Waals surface area contributed by atoms with Crippen molar-refractivity contribution < 1.29 is 5.11 Å². The van der Waals surface area contributed by atoms with Crippen LogP contribution in [0.5, 0.6) is 0 Å². The average Bonchev–Trinajstić information content (AvgIpc) is 2.55. The zero-order valence-electron chi connectivity index (χ0n) is 12.4. The van der Waals surface area contributed by atoms with Crippen LogP contribution in [0.4, 0.5) is 5.69 Å². The minimum absolute atomic E-state index is 0.264. The standard InChI is InChI=1S/C16H26N2O/c1-13-6-4-7-16(14(13)2)18-10-5-9-17(3)12-15(18)8-11-19/h4,6-7,15,19H,5,8-12H2,1-3H3. The molecule has 0 aromatic heterocycles. The van der Waals surface area contributed by atoms with Crippen LogP contribution in [0.15, 0.2) is 18.2 Å². The second-order valence-electron chi connectivity index (χ2n) is 5.69. The van der Waals surface area contributed by atoms with Crippen LogP contribution in [0.2, 0.25) is 0 Å². The van der Waals surface area contributed by atoms with Crippen molar-refractivity contribution >= 4 is 5.69 Å². The molecular formula is C16H26N2O. The Balaban J connectivity index is 2.30. The molecule has 1 N–H and O–H groups in total. The van der Waals surface area contributed by atoms with E-state index in [4.69, 9.17) is 0 Å². The maximum absolute atomic E-state index is 9.34. The van der Waals surface area contributed by atoms with E-state index >= 15 is 0 Å². The second-order valence-corrected chi connectivity index (χ2v) is 5.69. The number of anilines is 1. The second kappa shape index (κ2) is 6.40. The molecule has 1 aromatic carbocycles. The predicted molar refractivity (Wildman–Crippen MR) is 80.9 cm³/mol. The molecule has 1 aliphatic rings. The highest BCUT2D eigenvalue weighted by Gasteiger charge is 2.24. The van der Waals surface area contributed by atoms with Gasteiger partial charge >= 0.3 is 0 Å². The number of hydrogen-bond acceptors (Lipinski definition) is 3. The Hall–Kier alpha value is -1.06. The molecule has 3 heteroatoms. The molecule has 0 radical (unpaired) electrons. The Labute approximate surface area is 116 Å². The molecule has 0 aliphatic carbocycles. The van der Waals surface area contributed by atoms with Gasteiger partial charge in [0.05, 0.1) is 0 Å². The van der Waals surface area contributed by atoms with Crippen LogP contribution in [0.25, 0.3) is 0 Å². The smallest absolute Gasteiger partial charge is 0.0451 e. The van der Waals surface area contributed by atoms with E-state index in [0.717, 1.165) is 26.1 Å². The number of aliphatic hydroxyl groups excluding tert-OH is 1. The summed E-state index contributed by atoms with van der Waals surface area (Å²) < 4.78 is 0. The lowest BCUT2D eigenvalue weighted by Crippen LogP contribution is -2.41. The highest BCUT2D eigenvalue weighted by Crippen LogP contribution is 2.27. The van der Waals surface area contributed by atoms with Crippen molar-refractivity contribution in [3.05, 3.63) is 29.3 Å². The monoisotopic (exact) mass is 262 g/mol. The van der Waals surface area contributed by atoms with Crippen LogP contribution in [0.3, 0.4) is 0 Å². The van der Waals surface area contributed by atoms with Crippen LogP contribution < -0.4 is 4.90 Å². The SMILES string of the molecule is Cc1cccc(N2CCCN(C)CC2CCO)c1C. The molecule has 3 nitrogen and oxygen atoms in total. The van der Waals surface area contributed by atoms with Crippen molar-refractivity contribution in [2.24, 2.45) is 0 Å². The van der Waals surface area contributed by atoms with Gasteiger partial charge in [0, 0.05) is 31.4 Å². The largest absolute Gasteiger partial charge is 0.396 e. The Bertz CT molecular complexity index is 419. The summed E-state index contributed by atoms with van der Waals surface area (Å²) in [7, 11) is 2.18. The number of nitrogens with zero attached hydrogens (tertiary/aromatic N) is 2. The number of likely N-dealkylation sites (N-methyl/N-ethyl adjacent to an activating group) is 1. The van der Waals surface area contributed by atoms with Gasteiger partial charge in [0.2, 0.25) is 0 Å². The van der Waals surface area contributed by atoms with E-state index in [1.807, 2.05) is 0 Å². The fourth-order valence-corrected chi connectivity index (χ4v) is 3.00. The fourth-order valence-electron chi connectivity index (χ4n) is 3.00. The third kappa shape index (κ3) is 3.28. The van der Waals surface area contributed by atoms with E-state index < -0.39 is 0 Å². The summed E-state index contributed by atoms with van der Waals surface area (Å²) in [5, 5.41) is 9.34. The first-order valence-electron chi connectivity index (χ1n) is 7.25. The lowest BCUT2D eigenvalue weighted by Gasteiger charge is -2.34. The normalized spacial score (nSPS) is 21.5. The topological polar surface area (TPSA) is 26.7 Å². The number of aryl methyl sites for hydroxylation is 1. The molecule has 2 rings (SSSR count). The van der Waals surface area contributed by atoms with Crippen molar-refractivity contribution in [1.29, 1.82) is 0 Å². The van der Waals surface area contributed by atoms with Gasteiger partial charge in [0.1, 0.15) is 0 Å². The molecule has 0 bridgehead atoms. The van der Waals surface area contributed by atoms with Crippen LogP contribution in [0.1, 0.15) is 24.0 Å². The molecule has 1 unspecified atom stereocenters. The molecule has 1 fully saturated rings. The third-order valence-electron chi connectivity index (χ3n) is 4.25. The van der Waals surface area contributed by atoms with Gasteiger partial charge in [-0.05, 0) is 57.5 Å². The zero-order valence-corrected chi connectivity index (χ0v) is 12.4. The van der Waals surface area contributed by atoms with Crippen LogP contribution in [-0.4, -0.2) is 49.3 Å². The minimum atomic E-state index is 0.264. The van der Waals surface area contributed by atoms with Gasteiger partial charge in [-0.2, -0.15) is 0 Å². The number of hydrogen-bond donors (Lipinski definition) is 1. The summed E-state index contributed by atoms with van der Waals surface area (Å²) in [4.78, 5) is 4.88. The van der Waals surface area contributed by atoms with Crippen molar-refractivity contribution in [2.45, 2.75) is 32.7 Å². The fraction of sp³-hybridized carbons (Fsp3) is 0.625. The third-order valence-corrected chi connectivity index (χ3v) is 4.25. The molecule has 0 saturated carbocycles. The molecule has 1 atom stereocenters. The predicted octanol–water partition coefficient (Wildman–Crippen LogP) is 2.20. The number of benzene rings is 1. The Morgan fingerprint density at radius 2 is 2.05 bits per heavy atom. The first-order chi connectivity index (χ1) is 9.13. The lowest BCUT2D eigenvalue weighted by atomic mass is 10.0. The van der Waals surface area contributed by atoms with E-state index in [1.54, 1.807) is 0 Å². The van der Waals surface area contributed by atoms with Gasteiger partial charge in [-0.1, -0.05) is 12.1 Å². The van der Waals surface area contributed by atoms with Crippen LogP contribution >= 0.6 is 0 Å². The quantitative estimate of drug-likeness (QED) is 0.904. The molecule has 19 heavy (non-hydrogen) atoms. The molecule has 1 aliphatic heterocycles. The van der Waals surface area contributed by atoms with Gasteiger partial charge in [-0.15, -0.1) is 0 Å². The van der Waals surface area contributed by atoms with Gasteiger partial charge in [-0.3, -0.25) is 0 Å². The maximum atomic E-state index is 9.34. The van der Waals surface area contributed by atoms with Crippen molar-refractivity contribution in [1.82, 2.24) is 4.90 Å². The van der Waals surface area contributed by atoms with E-state index in [0.29, 0.717) is 6.04 Å². The highest BCUT2D eigenvalue weighted by molar-refractivity contribution is 5.56. The van der Waals surface area contributed by atoms with Crippen LogP contribution in [0, 0.1) is 13.8 Å². The summed E-state index contributed by atoms with van der Waals surface area (Å²) >= 11 is 0. The van der Waals surface area contributed by atoms with Gasteiger partial charge in [-0.25, -0.2) is 0 Å². The van der Waals surface area contributed by atoms with Crippen molar-refractivity contribution in [3.8, 4) is 0 Å². The Kier molecular flexibility index (Phi) is 4.83. The lowest BCUT2D eigenvalue weighted by molar-refractivity contribution is 0.253. The average molecular weight is 262 g/mol. The molecule has 0 spiro atoms. The summed E-state index contributed by atoms with van der Waals surface area (Å²) in [6.45, 7) is 7.90. The number of aliphatic hydroxyl groups is 1. The van der Waals surface area contributed by atoms with Crippen molar-refractivity contribution in [2.75, 3.05) is 38.2 Å². The van der Waals surface area contributed by atoms with Gasteiger partial charge < -0.3 is 14.9 Å². The minimum Gasteiger partial charge on any atom is -0.396 e. The maximum Gasteiger partial charge on any atom is 0.0451 e. The Morgan fingerprint density at radius 3 is 2.79 bits per heavy atom. The van der Waals surface area contributed by atoms with E-state index in [2.05, 4.69) is 48.9 Å². The summed E-state index contributed by atoms with van der Waals surface area (Å²) in [5.74, 6) is 0.